The van der Waals surface area contributed by atoms with Crippen LogP contribution in [0.3, 0.4) is 0 Å². The molecule has 1 atom stereocenters. The zero-order valence-corrected chi connectivity index (χ0v) is 11.1. The van der Waals surface area contributed by atoms with Crippen LogP contribution in [-0.2, 0) is 11.2 Å². The molecule has 3 heteroatoms. The summed E-state index contributed by atoms with van der Waals surface area (Å²) in [7, 11) is 0. The third kappa shape index (κ3) is 3.49. The van der Waals surface area contributed by atoms with Crippen molar-refractivity contribution < 1.29 is 4.79 Å². The van der Waals surface area contributed by atoms with Gasteiger partial charge in [-0.1, -0.05) is 19.1 Å². The average molecular weight is 246 g/mol. The van der Waals surface area contributed by atoms with E-state index in [9.17, 15) is 4.79 Å². The van der Waals surface area contributed by atoms with Gasteiger partial charge in [0.15, 0.2) is 0 Å². The molecule has 1 aliphatic rings. The topological polar surface area (TPSA) is 46.3 Å². The zero-order chi connectivity index (χ0) is 13.0. The molecule has 0 bridgehead atoms. The van der Waals surface area contributed by atoms with Crippen LogP contribution in [0.15, 0.2) is 24.3 Å². The second-order valence-electron chi connectivity index (χ2n) is 5.34. The highest BCUT2D eigenvalue weighted by molar-refractivity contribution is 5.79. The van der Waals surface area contributed by atoms with Crippen molar-refractivity contribution in [3.63, 3.8) is 0 Å². The summed E-state index contributed by atoms with van der Waals surface area (Å²) in [5.41, 5.74) is 7.47. The summed E-state index contributed by atoms with van der Waals surface area (Å²) in [6.07, 6.45) is 3.97. The number of hydrogen-bond acceptors (Lipinski definition) is 2. The second-order valence-corrected chi connectivity index (χ2v) is 5.34. The van der Waals surface area contributed by atoms with E-state index in [-0.39, 0.29) is 5.91 Å². The van der Waals surface area contributed by atoms with Gasteiger partial charge in [-0.2, -0.15) is 0 Å². The van der Waals surface area contributed by atoms with Gasteiger partial charge >= 0.3 is 0 Å². The summed E-state index contributed by atoms with van der Waals surface area (Å²) in [4.78, 5) is 14.2. The lowest BCUT2D eigenvalue weighted by molar-refractivity contribution is -0.130. The van der Waals surface area contributed by atoms with Crippen molar-refractivity contribution in [1.82, 2.24) is 4.90 Å². The Kier molecular flexibility index (Phi) is 4.24. The lowest BCUT2D eigenvalue weighted by Crippen LogP contribution is -2.33. The smallest absolute Gasteiger partial charge is 0.226 e. The molecule has 18 heavy (non-hydrogen) atoms. The first-order chi connectivity index (χ1) is 8.65. The number of nitrogen functional groups attached to an aromatic ring is 1. The Morgan fingerprint density at radius 1 is 1.39 bits per heavy atom. The Bertz CT molecular complexity index is 417. The molecule has 1 aliphatic heterocycles. The summed E-state index contributed by atoms with van der Waals surface area (Å²) >= 11 is 0. The molecular weight excluding hydrogens is 224 g/mol. The van der Waals surface area contributed by atoms with Crippen LogP contribution in [0.2, 0.25) is 0 Å². The first-order valence-electron chi connectivity index (χ1n) is 6.77. The first-order valence-corrected chi connectivity index (χ1v) is 6.77. The number of nitrogens with two attached hydrogens (primary N) is 1. The number of carbonyl (C=O) groups is 1. The van der Waals surface area contributed by atoms with Crippen LogP contribution in [0.1, 0.15) is 31.7 Å². The fourth-order valence-electron chi connectivity index (χ4n) is 2.50. The highest BCUT2D eigenvalue weighted by Crippen LogP contribution is 2.17. The Morgan fingerprint density at radius 2 is 2.22 bits per heavy atom. The number of nitrogens with zero attached hydrogens (tertiary/aromatic N) is 1. The van der Waals surface area contributed by atoms with Crippen LogP contribution in [0, 0.1) is 5.92 Å². The molecule has 3 nitrogen and oxygen atoms in total. The van der Waals surface area contributed by atoms with Gasteiger partial charge < -0.3 is 10.6 Å². The molecule has 98 valence electrons. The third-order valence-electron chi connectivity index (χ3n) is 3.68. The van der Waals surface area contributed by atoms with Crippen LogP contribution in [0.25, 0.3) is 0 Å². The summed E-state index contributed by atoms with van der Waals surface area (Å²) in [5, 5.41) is 0. The van der Waals surface area contributed by atoms with E-state index in [0.29, 0.717) is 6.42 Å². The van der Waals surface area contributed by atoms with E-state index in [4.69, 9.17) is 5.73 Å². The van der Waals surface area contributed by atoms with Gasteiger partial charge in [0, 0.05) is 18.8 Å². The molecule has 1 saturated heterocycles. The highest BCUT2D eigenvalue weighted by atomic mass is 16.2. The van der Waals surface area contributed by atoms with Crippen molar-refractivity contribution >= 4 is 11.6 Å². The minimum Gasteiger partial charge on any atom is -0.399 e. The quantitative estimate of drug-likeness (QED) is 0.815. The van der Waals surface area contributed by atoms with Gasteiger partial charge in [0.25, 0.3) is 0 Å². The Balaban J connectivity index is 1.95. The Labute approximate surface area is 109 Å². The molecule has 0 saturated carbocycles. The normalized spacial score (nSPS) is 20.5. The summed E-state index contributed by atoms with van der Waals surface area (Å²) in [6, 6.07) is 7.61. The molecule has 0 radical (unpaired) electrons. The van der Waals surface area contributed by atoms with E-state index in [1.807, 2.05) is 29.2 Å². The van der Waals surface area contributed by atoms with Crippen molar-refractivity contribution in [3.8, 4) is 0 Å². The van der Waals surface area contributed by atoms with Crippen LogP contribution >= 0.6 is 0 Å². The molecule has 2 N–H and O–H groups in total. The number of amides is 1. The number of hydrogen-bond donors (Lipinski definition) is 1. The molecule has 1 aromatic rings. The molecule has 1 fully saturated rings. The Morgan fingerprint density at radius 3 is 3.00 bits per heavy atom. The maximum absolute atomic E-state index is 12.2. The van der Waals surface area contributed by atoms with Crippen molar-refractivity contribution in [2.75, 3.05) is 18.8 Å². The number of carbonyl (C=O) groups excluding carboxylic acids is 1. The van der Waals surface area contributed by atoms with Crippen molar-refractivity contribution in [2.45, 2.75) is 32.6 Å². The average Bonchev–Trinajstić information content (AvgIpc) is 2.54. The second kappa shape index (κ2) is 5.89. The summed E-state index contributed by atoms with van der Waals surface area (Å²) in [6.45, 7) is 4.08. The summed E-state index contributed by atoms with van der Waals surface area (Å²) < 4.78 is 0. The standard InChI is InChI=1S/C15H22N2O/c1-12-4-3-8-17(9-7-12)15(18)11-13-5-2-6-14(16)10-13/h2,5-6,10,12H,3-4,7-9,11,16H2,1H3. The van der Waals surface area contributed by atoms with Crippen molar-refractivity contribution in [1.29, 1.82) is 0 Å². The third-order valence-corrected chi connectivity index (χ3v) is 3.68. The van der Waals surface area contributed by atoms with E-state index in [2.05, 4.69) is 6.92 Å². The lowest BCUT2D eigenvalue weighted by atomic mass is 10.0. The van der Waals surface area contributed by atoms with Crippen LogP contribution in [-0.4, -0.2) is 23.9 Å². The molecule has 1 aromatic carbocycles. The van der Waals surface area contributed by atoms with Crippen molar-refractivity contribution in [3.05, 3.63) is 29.8 Å². The fraction of sp³-hybridized carbons (Fsp3) is 0.533. The largest absolute Gasteiger partial charge is 0.399 e. The van der Waals surface area contributed by atoms with Gasteiger partial charge in [0.05, 0.1) is 6.42 Å². The van der Waals surface area contributed by atoms with Crippen LogP contribution in [0.5, 0.6) is 0 Å². The highest BCUT2D eigenvalue weighted by Gasteiger charge is 2.18. The summed E-state index contributed by atoms with van der Waals surface area (Å²) in [5.74, 6) is 0.977. The monoisotopic (exact) mass is 246 g/mol. The maximum Gasteiger partial charge on any atom is 0.226 e. The van der Waals surface area contributed by atoms with Gasteiger partial charge in [0.2, 0.25) is 5.91 Å². The van der Waals surface area contributed by atoms with Crippen LogP contribution < -0.4 is 5.73 Å². The maximum atomic E-state index is 12.2. The predicted molar refractivity (Wildman–Crippen MR) is 74.2 cm³/mol. The molecule has 1 unspecified atom stereocenters. The van der Waals surface area contributed by atoms with E-state index < -0.39 is 0 Å². The number of benzene rings is 1. The van der Waals surface area contributed by atoms with Gasteiger partial charge in [-0.15, -0.1) is 0 Å². The minimum atomic E-state index is 0.231. The van der Waals surface area contributed by atoms with E-state index >= 15 is 0 Å². The molecule has 0 spiro atoms. The predicted octanol–water partition coefficient (Wildman–Crippen LogP) is 2.46. The molecule has 0 aliphatic carbocycles. The van der Waals surface area contributed by atoms with E-state index in [1.54, 1.807) is 0 Å². The molecule has 1 amide bonds. The number of rotatable bonds is 2. The molecule has 0 aromatic heterocycles. The Hall–Kier alpha value is -1.51. The number of likely N-dealkylation sites (tertiary alicyclic amines) is 1. The van der Waals surface area contributed by atoms with Crippen molar-refractivity contribution in [2.24, 2.45) is 5.92 Å². The van der Waals surface area contributed by atoms with Crippen LogP contribution in [0.4, 0.5) is 5.69 Å². The zero-order valence-electron chi connectivity index (χ0n) is 11.1. The van der Waals surface area contributed by atoms with E-state index in [1.165, 1.54) is 6.42 Å². The lowest BCUT2D eigenvalue weighted by Gasteiger charge is -2.20. The fourth-order valence-corrected chi connectivity index (χ4v) is 2.50. The number of anilines is 1. The SMILES string of the molecule is CC1CCCN(C(=O)Cc2cccc(N)c2)CC1. The van der Waals surface area contributed by atoms with Gasteiger partial charge in [0.1, 0.15) is 0 Å². The molecule has 1 heterocycles. The molecule has 2 rings (SSSR count). The van der Waals surface area contributed by atoms with Gasteiger partial charge in [-0.3, -0.25) is 4.79 Å². The van der Waals surface area contributed by atoms with Gasteiger partial charge in [-0.05, 0) is 42.9 Å². The molecular formula is C15H22N2O. The minimum absolute atomic E-state index is 0.231. The first kappa shape index (κ1) is 12.9. The van der Waals surface area contributed by atoms with Gasteiger partial charge in [-0.25, -0.2) is 0 Å². The van der Waals surface area contributed by atoms with E-state index in [0.717, 1.165) is 43.1 Å².